The van der Waals surface area contributed by atoms with Crippen LogP contribution in [0.5, 0.6) is 0 Å². The number of hydrogen-bond donors (Lipinski definition) is 0. The van der Waals surface area contributed by atoms with Gasteiger partial charge in [0.25, 0.3) is 11.5 Å². The van der Waals surface area contributed by atoms with Crippen LogP contribution in [0.25, 0.3) is 0 Å². The van der Waals surface area contributed by atoms with Crippen LogP contribution in [0, 0.1) is 5.82 Å². The number of carbonyl (C=O) groups excluding carboxylic acids is 1. The largest absolute Gasteiger partial charge is 0.330 e. The van der Waals surface area contributed by atoms with Crippen molar-refractivity contribution in [1.82, 2.24) is 14.7 Å². The molecule has 2 aromatic rings. The average Bonchev–Trinajstić information content (AvgIpc) is 3.10. The highest BCUT2D eigenvalue weighted by atomic mass is 19.1. The van der Waals surface area contributed by atoms with Crippen molar-refractivity contribution in [1.29, 1.82) is 0 Å². The van der Waals surface area contributed by atoms with E-state index in [1.165, 1.54) is 28.9 Å². The van der Waals surface area contributed by atoms with E-state index in [2.05, 4.69) is 5.10 Å². The number of rotatable bonds is 5. The number of nitrogens with zero attached hydrogens (tertiary/aromatic N) is 3. The van der Waals surface area contributed by atoms with Crippen LogP contribution in [0.1, 0.15) is 54.7 Å². The minimum absolute atomic E-state index is 0.152. The number of amides is 1. The van der Waals surface area contributed by atoms with E-state index in [-0.39, 0.29) is 29.0 Å². The van der Waals surface area contributed by atoms with Gasteiger partial charge in [0.05, 0.1) is 6.04 Å². The maximum atomic E-state index is 13.5. The maximum absolute atomic E-state index is 13.5. The first-order valence-corrected chi connectivity index (χ1v) is 8.74. The first kappa shape index (κ1) is 17.3. The first-order valence-electron chi connectivity index (χ1n) is 8.74. The Morgan fingerprint density at radius 3 is 2.92 bits per heavy atom. The summed E-state index contributed by atoms with van der Waals surface area (Å²) in [5, 5.41) is 4.24. The van der Waals surface area contributed by atoms with Crippen molar-refractivity contribution >= 4 is 5.91 Å². The summed E-state index contributed by atoms with van der Waals surface area (Å²) in [7, 11) is 0. The number of aromatic nitrogens is 2. The highest BCUT2D eigenvalue weighted by Crippen LogP contribution is 2.33. The van der Waals surface area contributed by atoms with Gasteiger partial charge >= 0.3 is 0 Å². The first-order chi connectivity index (χ1) is 12.1. The lowest BCUT2D eigenvalue weighted by Crippen LogP contribution is -2.33. The fourth-order valence-corrected chi connectivity index (χ4v) is 3.25. The molecule has 0 spiro atoms. The summed E-state index contributed by atoms with van der Waals surface area (Å²) in [5.41, 5.74) is 0.859. The van der Waals surface area contributed by atoms with Gasteiger partial charge in [0.1, 0.15) is 11.5 Å². The summed E-state index contributed by atoms with van der Waals surface area (Å²) in [6.45, 7) is 3.15. The molecule has 0 aliphatic carbocycles. The van der Waals surface area contributed by atoms with Gasteiger partial charge in [-0.1, -0.05) is 25.5 Å². The summed E-state index contributed by atoms with van der Waals surface area (Å²) in [6, 6.07) is 9.10. The maximum Gasteiger partial charge on any atom is 0.274 e. The molecule has 1 amide bonds. The van der Waals surface area contributed by atoms with Crippen LogP contribution in [0.4, 0.5) is 4.39 Å². The standard InChI is InChI=1S/C19H22FN3O2/c1-2-3-12-23-18(24)10-9-16(21-23)19(25)22-11-5-8-17(22)14-6-4-7-15(20)13-14/h4,6-7,9-10,13,17H,2-3,5,8,11-12H2,1H3/t17-/m0/s1. The molecule has 132 valence electrons. The van der Waals surface area contributed by atoms with E-state index < -0.39 is 0 Å². The van der Waals surface area contributed by atoms with Crippen molar-refractivity contribution in [2.24, 2.45) is 0 Å². The van der Waals surface area contributed by atoms with E-state index in [9.17, 15) is 14.0 Å². The van der Waals surface area contributed by atoms with Crippen LogP contribution in [0.2, 0.25) is 0 Å². The number of aryl methyl sites for hydroxylation is 1. The van der Waals surface area contributed by atoms with Gasteiger partial charge in [-0.15, -0.1) is 0 Å². The Kier molecular flexibility index (Phi) is 5.26. The summed E-state index contributed by atoms with van der Waals surface area (Å²) in [5.74, 6) is -0.514. The lowest BCUT2D eigenvalue weighted by molar-refractivity contribution is 0.0726. The zero-order valence-corrected chi connectivity index (χ0v) is 14.3. The van der Waals surface area contributed by atoms with Crippen LogP contribution in [0.3, 0.4) is 0 Å². The number of hydrogen-bond acceptors (Lipinski definition) is 3. The monoisotopic (exact) mass is 343 g/mol. The molecular weight excluding hydrogens is 321 g/mol. The third kappa shape index (κ3) is 3.78. The molecule has 1 aromatic carbocycles. The second kappa shape index (κ2) is 7.59. The SMILES string of the molecule is CCCCn1nc(C(=O)N2CCC[C@H]2c2cccc(F)c2)ccc1=O. The van der Waals surface area contributed by atoms with Crippen molar-refractivity contribution < 1.29 is 9.18 Å². The van der Waals surface area contributed by atoms with Gasteiger partial charge in [-0.3, -0.25) is 9.59 Å². The average molecular weight is 343 g/mol. The fraction of sp³-hybridized carbons (Fsp3) is 0.421. The van der Waals surface area contributed by atoms with Crippen LogP contribution in [-0.2, 0) is 6.54 Å². The van der Waals surface area contributed by atoms with Gasteiger partial charge in [0.15, 0.2) is 0 Å². The molecule has 1 saturated heterocycles. The molecule has 1 aliphatic heterocycles. The van der Waals surface area contributed by atoms with E-state index in [1.54, 1.807) is 11.0 Å². The molecule has 25 heavy (non-hydrogen) atoms. The predicted molar refractivity (Wildman–Crippen MR) is 92.8 cm³/mol. The molecule has 6 heteroatoms. The van der Waals surface area contributed by atoms with Crippen LogP contribution in [-0.4, -0.2) is 27.1 Å². The topological polar surface area (TPSA) is 55.2 Å². The smallest absolute Gasteiger partial charge is 0.274 e. The number of carbonyl (C=O) groups is 1. The van der Waals surface area contributed by atoms with Gasteiger partial charge < -0.3 is 4.90 Å². The second-order valence-corrected chi connectivity index (χ2v) is 6.35. The third-order valence-electron chi connectivity index (χ3n) is 4.56. The second-order valence-electron chi connectivity index (χ2n) is 6.35. The Morgan fingerprint density at radius 1 is 1.32 bits per heavy atom. The zero-order valence-electron chi connectivity index (χ0n) is 14.3. The summed E-state index contributed by atoms with van der Waals surface area (Å²) in [4.78, 5) is 26.5. The van der Waals surface area contributed by atoms with Gasteiger partial charge in [-0.25, -0.2) is 9.07 Å². The molecule has 0 N–H and O–H groups in total. The predicted octanol–water partition coefficient (Wildman–Crippen LogP) is 3.16. The van der Waals surface area contributed by atoms with Crippen LogP contribution < -0.4 is 5.56 Å². The number of halogens is 1. The molecule has 2 heterocycles. The molecule has 1 fully saturated rings. The van der Waals surface area contributed by atoms with E-state index >= 15 is 0 Å². The Bertz CT molecular complexity index is 818. The van der Waals surface area contributed by atoms with Crippen LogP contribution in [0.15, 0.2) is 41.2 Å². The molecular formula is C19H22FN3O2. The lowest BCUT2D eigenvalue weighted by atomic mass is 10.0. The van der Waals surface area contributed by atoms with E-state index in [0.717, 1.165) is 31.2 Å². The van der Waals surface area contributed by atoms with Gasteiger partial charge in [-0.05, 0) is 43.0 Å². The molecule has 0 radical (unpaired) electrons. The molecule has 3 rings (SSSR count). The molecule has 0 saturated carbocycles. The van der Waals surface area contributed by atoms with E-state index in [0.29, 0.717) is 13.1 Å². The molecule has 0 unspecified atom stereocenters. The van der Waals surface area contributed by atoms with E-state index in [1.807, 2.05) is 13.0 Å². The molecule has 1 aromatic heterocycles. The minimum atomic E-state index is -0.303. The van der Waals surface area contributed by atoms with Gasteiger partial charge in [0, 0.05) is 19.2 Å². The molecule has 0 bridgehead atoms. The Hall–Kier alpha value is -2.50. The van der Waals surface area contributed by atoms with Crippen molar-refractivity contribution in [3.8, 4) is 0 Å². The molecule has 5 nitrogen and oxygen atoms in total. The Labute approximate surface area is 146 Å². The number of unbranched alkanes of at least 4 members (excludes halogenated alkanes) is 1. The van der Waals surface area contributed by atoms with Crippen molar-refractivity contribution in [3.63, 3.8) is 0 Å². The summed E-state index contributed by atoms with van der Waals surface area (Å²) >= 11 is 0. The highest BCUT2D eigenvalue weighted by Gasteiger charge is 2.31. The van der Waals surface area contributed by atoms with Crippen molar-refractivity contribution in [3.05, 3.63) is 63.8 Å². The van der Waals surface area contributed by atoms with E-state index in [4.69, 9.17) is 0 Å². The Balaban J connectivity index is 1.85. The zero-order chi connectivity index (χ0) is 17.8. The van der Waals surface area contributed by atoms with Crippen molar-refractivity contribution in [2.45, 2.75) is 45.2 Å². The highest BCUT2D eigenvalue weighted by molar-refractivity contribution is 5.92. The number of benzene rings is 1. The lowest BCUT2D eigenvalue weighted by Gasteiger charge is -2.25. The Morgan fingerprint density at radius 2 is 2.16 bits per heavy atom. The van der Waals surface area contributed by atoms with Gasteiger partial charge in [0.2, 0.25) is 0 Å². The molecule has 1 aliphatic rings. The fourth-order valence-electron chi connectivity index (χ4n) is 3.25. The number of likely N-dealkylation sites (tertiary alicyclic amines) is 1. The minimum Gasteiger partial charge on any atom is -0.330 e. The van der Waals surface area contributed by atoms with Crippen LogP contribution >= 0.6 is 0 Å². The third-order valence-corrected chi connectivity index (χ3v) is 4.56. The summed E-state index contributed by atoms with van der Waals surface area (Å²) < 4.78 is 14.9. The molecule has 1 atom stereocenters. The van der Waals surface area contributed by atoms with Gasteiger partial charge in [-0.2, -0.15) is 5.10 Å². The van der Waals surface area contributed by atoms with Crippen molar-refractivity contribution in [2.75, 3.05) is 6.54 Å². The summed E-state index contributed by atoms with van der Waals surface area (Å²) in [6.07, 6.45) is 3.44. The normalized spacial score (nSPS) is 17.0. The quantitative estimate of drug-likeness (QED) is 0.838.